The predicted octanol–water partition coefficient (Wildman–Crippen LogP) is 3.59. The van der Waals surface area contributed by atoms with Crippen LogP contribution in [0.2, 0.25) is 0 Å². The summed E-state index contributed by atoms with van der Waals surface area (Å²) >= 11 is 0. The first-order valence-electron chi connectivity index (χ1n) is 7.42. The molecule has 0 saturated carbocycles. The number of amides is 2. The van der Waals surface area contributed by atoms with Crippen LogP contribution in [-0.4, -0.2) is 16.0 Å². The average Bonchev–Trinajstić information content (AvgIpc) is 2.63. The van der Waals surface area contributed by atoms with Crippen molar-refractivity contribution in [3.8, 4) is 11.5 Å². The van der Waals surface area contributed by atoms with Crippen LogP contribution in [0, 0.1) is 0 Å². The molecule has 2 heterocycles. The van der Waals surface area contributed by atoms with Gasteiger partial charge in [-0.05, 0) is 42.0 Å². The smallest absolute Gasteiger partial charge is 0.320 e. The van der Waals surface area contributed by atoms with E-state index in [0.717, 1.165) is 17.1 Å². The van der Waals surface area contributed by atoms with Crippen LogP contribution < -0.4 is 15.4 Å². The van der Waals surface area contributed by atoms with E-state index < -0.39 is 0 Å². The van der Waals surface area contributed by atoms with Gasteiger partial charge in [0.15, 0.2) is 0 Å². The molecule has 0 bridgehead atoms. The van der Waals surface area contributed by atoms with E-state index in [2.05, 4.69) is 20.6 Å². The lowest BCUT2D eigenvalue weighted by molar-refractivity contribution is 0.251. The van der Waals surface area contributed by atoms with Gasteiger partial charge in [-0.2, -0.15) is 0 Å². The zero-order chi connectivity index (χ0) is 16.6. The van der Waals surface area contributed by atoms with E-state index in [1.165, 1.54) is 0 Å². The van der Waals surface area contributed by atoms with Crippen LogP contribution in [0.4, 0.5) is 10.6 Å². The molecule has 0 radical (unpaired) electrons. The Balaban J connectivity index is 1.50. The number of carbonyl (C=O) groups excluding carboxylic acids is 1. The Morgan fingerprint density at radius 1 is 0.917 bits per heavy atom. The summed E-state index contributed by atoms with van der Waals surface area (Å²) in [5.41, 5.74) is 0.966. The third-order valence-electron chi connectivity index (χ3n) is 3.17. The summed E-state index contributed by atoms with van der Waals surface area (Å²) in [4.78, 5) is 19.8. The van der Waals surface area contributed by atoms with Gasteiger partial charge in [0.1, 0.15) is 17.3 Å². The summed E-state index contributed by atoms with van der Waals surface area (Å²) in [5.74, 6) is 1.96. The first-order valence-corrected chi connectivity index (χ1v) is 7.42. The number of benzene rings is 1. The molecule has 24 heavy (non-hydrogen) atoms. The van der Waals surface area contributed by atoms with Crippen molar-refractivity contribution in [3.63, 3.8) is 0 Å². The molecular weight excluding hydrogens is 304 g/mol. The van der Waals surface area contributed by atoms with Gasteiger partial charge in [0.2, 0.25) is 0 Å². The zero-order valence-electron chi connectivity index (χ0n) is 12.8. The van der Waals surface area contributed by atoms with Crippen LogP contribution in [0.5, 0.6) is 11.5 Å². The molecule has 3 rings (SSSR count). The number of carbonyl (C=O) groups is 1. The summed E-state index contributed by atoms with van der Waals surface area (Å²) in [7, 11) is 0. The molecule has 6 heteroatoms. The maximum Gasteiger partial charge on any atom is 0.320 e. The molecule has 0 aliphatic rings. The molecule has 3 aromatic rings. The van der Waals surface area contributed by atoms with E-state index in [1.807, 2.05) is 30.3 Å². The van der Waals surface area contributed by atoms with E-state index in [1.54, 1.807) is 42.9 Å². The number of pyridine rings is 2. The second kappa shape index (κ2) is 7.73. The molecule has 2 N–H and O–H groups in total. The number of hydrogen-bond acceptors (Lipinski definition) is 4. The second-order valence-electron chi connectivity index (χ2n) is 4.95. The monoisotopic (exact) mass is 320 g/mol. The Bertz CT molecular complexity index is 777. The molecule has 0 aliphatic heterocycles. The summed E-state index contributed by atoms with van der Waals surface area (Å²) in [6, 6.07) is 16.1. The number of rotatable bonds is 5. The topological polar surface area (TPSA) is 76.1 Å². The number of anilines is 1. The summed E-state index contributed by atoms with van der Waals surface area (Å²) in [6.45, 7) is 0.411. The first kappa shape index (κ1) is 15.5. The van der Waals surface area contributed by atoms with Crippen molar-refractivity contribution >= 4 is 11.8 Å². The molecule has 0 saturated heterocycles. The summed E-state index contributed by atoms with van der Waals surface area (Å²) in [5, 5.41) is 5.44. The molecular formula is C18H16N4O2. The Morgan fingerprint density at radius 3 is 2.38 bits per heavy atom. The normalized spacial score (nSPS) is 10.0. The molecule has 2 aromatic heterocycles. The highest BCUT2D eigenvalue weighted by atomic mass is 16.5. The summed E-state index contributed by atoms with van der Waals surface area (Å²) < 4.78 is 5.69. The molecule has 0 aliphatic carbocycles. The van der Waals surface area contributed by atoms with E-state index in [4.69, 9.17) is 4.74 Å². The van der Waals surface area contributed by atoms with Crippen LogP contribution in [0.3, 0.4) is 0 Å². The number of nitrogens with one attached hydrogen (secondary N) is 2. The van der Waals surface area contributed by atoms with Crippen molar-refractivity contribution in [1.29, 1.82) is 0 Å². The molecule has 0 atom stereocenters. The Labute approximate surface area is 139 Å². The Morgan fingerprint density at radius 2 is 1.67 bits per heavy atom. The van der Waals surface area contributed by atoms with Crippen LogP contribution >= 0.6 is 0 Å². The van der Waals surface area contributed by atoms with E-state index in [0.29, 0.717) is 12.4 Å². The van der Waals surface area contributed by atoms with E-state index in [9.17, 15) is 4.79 Å². The molecule has 0 spiro atoms. The minimum absolute atomic E-state index is 0.300. The lowest BCUT2D eigenvalue weighted by Gasteiger charge is -2.08. The van der Waals surface area contributed by atoms with Gasteiger partial charge in [-0.1, -0.05) is 18.2 Å². The van der Waals surface area contributed by atoms with Crippen molar-refractivity contribution in [2.45, 2.75) is 6.54 Å². The van der Waals surface area contributed by atoms with Crippen molar-refractivity contribution in [2.75, 3.05) is 5.32 Å². The van der Waals surface area contributed by atoms with Gasteiger partial charge in [-0.25, -0.2) is 9.78 Å². The maximum atomic E-state index is 11.8. The fraction of sp³-hybridized carbons (Fsp3) is 0.0556. The van der Waals surface area contributed by atoms with Crippen LogP contribution in [0.15, 0.2) is 73.2 Å². The molecule has 6 nitrogen and oxygen atoms in total. The number of ether oxygens (including phenoxy) is 1. The highest BCUT2D eigenvalue weighted by Crippen LogP contribution is 2.20. The van der Waals surface area contributed by atoms with Gasteiger partial charge in [-0.3, -0.25) is 10.3 Å². The number of hydrogen-bond donors (Lipinski definition) is 2. The highest BCUT2D eigenvalue weighted by Gasteiger charge is 2.03. The van der Waals surface area contributed by atoms with Gasteiger partial charge < -0.3 is 10.1 Å². The number of urea groups is 1. The standard InChI is InChI=1S/C18H16N4O2/c23-18(22-17-3-1-2-10-20-17)21-13-14-4-6-15(7-5-14)24-16-8-11-19-12-9-16/h1-12H,13H2,(H2,20,21,22,23). The van der Waals surface area contributed by atoms with Crippen molar-refractivity contribution < 1.29 is 9.53 Å². The summed E-state index contributed by atoms with van der Waals surface area (Å²) in [6.07, 6.45) is 4.97. The molecule has 0 unspecified atom stereocenters. The van der Waals surface area contributed by atoms with Gasteiger partial charge in [0.05, 0.1) is 0 Å². The molecule has 0 fully saturated rings. The minimum Gasteiger partial charge on any atom is -0.457 e. The fourth-order valence-corrected chi connectivity index (χ4v) is 2.00. The number of aromatic nitrogens is 2. The van der Waals surface area contributed by atoms with Crippen molar-refractivity contribution in [2.24, 2.45) is 0 Å². The van der Waals surface area contributed by atoms with Gasteiger partial charge in [0, 0.05) is 25.1 Å². The Hall–Kier alpha value is -3.41. The fourth-order valence-electron chi connectivity index (χ4n) is 2.00. The molecule has 2 amide bonds. The van der Waals surface area contributed by atoms with Crippen molar-refractivity contribution in [1.82, 2.24) is 15.3 Å². The highest BCUT2D eigenvalue weighted by molar-refractivity contribution is 5.88. The lowest BCUT2D eigenvalue weighted by Crippen LogP contribution is -2.28. The average molecular weight is 320 g/mol. The van der Waals surface area contributed by atoms with Gasteiger partial charge >= 0.3 is 6.03 Å². The third kappa shape index (κ3) is 4.54. The van der Waals surface area contributed by atoms with Crippen LogP contribution in [0.25, 0.3) is 0 Å². The quantitative estimate of drug-likeness (QED) is 0.753. The van der Waals surface area contributed by atoms with Gasteiger partial charge in [0.25, 0.3) is 0 Å². The van der Waals surface area contributed by atoms with E-state index >= 15 is 0 Å². The second-order valence-corrected chi connectivity index (χ2v) is 4.95. The molecule has 120 valence electrons. The first-order chi connectivity index (χ1) is 11.8. The third-order valence-corrected chi connectivity index (χ3v) is 3.17. The Kier molecular flexibility index (Phi) is 4.99. The largest absolute Gasteiger partial charge is 0.457 e. The predicted molar refractivity (Wildman–Crippen MR) is 90.8 cm³/mol. The SMILES string of the molecule is O=C(NCc1ccc(Oc2ccncc2)cc1)Nc1ccccn1. The maximum absolute atomic E-state index is 11.8. The van der Waals surface area contributed by atoms with E-state index in [-0.39, 0.29) is 6.03 Å². The lowest BCUT2D eigenvalue weighted by atomic mass is 10.2. The van der Waals surface area contributed by atoms with Crippen LogP contribution in [0.1, 0.15) is 5.56 Å². The minimum atomic E-state index is -0.300. The van der Waals surface area contributed by atoms with Crippen LogP contribution in [-0.2, 0) is 6.54 Å². The number of nitrogens with zero attached hydrogens (tertiary/aromatic N) is 2. The zero-order valence-corrected chi connectivity index (χ0v) is 12.8. The van der Waals surface area contributed by atoms with Crippen molar-refractivity contribution in [3.05, 3.63) is 78.8 Å². The van der Waals surface area contributed by atoms with Gasteiger partial charge in [-0.15, -0.1) is 0 Å². The molecule has 1 aromatic carbocycles.